The second-order valence-electron chi connectivity index (χ2n) is 5.09. The summed E-state index contributed by atoms with van der Waals surface area (Å²) < 4.78 is 10.1. The van der Waals surface area contributed by atoms with Gasteiger partial charge in [0.25, 0.3) is 0 Å². The van der Waals surface area contributed by atoms with Crippen LogP contribution in [0.3, 0.4) is 0 Å². The van der Waals surface area contributed by atoms with E-state index in [1.54, 1.807) is 24.3 Å². The van der Waals surface area contributed by atoms with Gasteiger partial charge in [0.1, 0.15) is 0 Å². The van der Waals surface area contributed by atoms with Crippen molar-refractivity contribution in [3.8, 4) is 23.0 Å². The Morgan fingerprint density at radius 1 is 0.708 bits per heavy atom. The second kappa shape index (κ2) is 8.57. The summed E-state index contributed by atoms with van der Waals surface area (Å²) in [5.41, 5.74) is 0. The van der Waals surface area contributed by atoms with Crippen LogP contribution in [0, 0.1) is 0 Å². The molecule has 0 saturated heterocycles. The molecule has 2 N–H and O–H groups in total. The monoisotopic (exact) mass is 330 g/mol. The first-order chi connectivity index (χ1) is 11.6. The molecule has 6 heteroatoms. The highest BCUT2D eigenvalue weighted by atomic mass is 16.5. The summed E-state index contributed by atoms with van der Waals surface area (Å²) in [5, 5.41) is 19.0. The fraction of sp³-hybridized carbons (Fsp3) is 0.222. The average Bonchev–Trinajstić information content (AvgIpc) is 2.56. The van der Waals surface area contributed by atoms with Gasteiger partial charge in [-0.05, 0) is 37.1 Å². The molecule has 0 bridgehead atoms. The van der Waals surface area contributed by atoms with Crippen LogP contribution >= 0.6 is 0 Å². The number of ether oxygens (including phenoxy) is 2. The van der Waals surface area contributed by atoms with Crippen LogP contribution in [0.5, 0.6) is 23.0 Å². The zero-order valence-corrected chi connectivity index (χ0v) is 13.0. The number of hydrogen-bond donors (Lipinski definition) is 2. The average molecular weight is 330 g/mol. The zero-order valence-electron chi connectivity index (χ0n) is 13.0. The highest BCUT2D eigenvalue weighted by molar-refractivity contribution is 5.74. The van der Waals surface area contributed by atoms with Crippen molar-refractivity contribution in [2.24, 2.45) is 0 Å². The summed E-state index contributed by atoms with van der Waals surface area (Å²) in [5.74, 6) is -0.937. The highest BCUT2D eigenvalue weighted by Crippen LogP contribution is 2.26. The summed E-state index contributed by atoms with van der Waals surface area (Å²) in [7, 11) is 0. The molecule has 0 aliphatic carbocycles. The first-order valence-corrected chi connectivity index (χ1v) is 7.53. The van der Waals surface area contributed by atoms with Gasteiger partial charge in [-0.25, -0.2) is 0 Å². The van der Waals surface area contributed by atoms with Gasteiger partial charge in [0.15, 0.2) is 23.0 Å². The van der Waals surface area contributed by atoms with E-state index in [4.69, 9.17) is 9.47 Å². The first-order valence-electron chi connectivity index (χ1n) is 7.53. The minimum absolute atomic E-state index is 0.0999. The molecule has 0 atom stereocenters. The van der Waals surface area contributed by atoms with Gasteiger partial charge in [-0.15, -0.1) is 0 Å². The Labute approximate surface area is 139 Å². The van der Waals surface area contributed by atoms with Gasteiger partial charge in [-0.2, -0.15) is 0 Å². The van der Waals surface area contributed by atoms with Crippen LogP contribution in [0.4, 0.5) is 0 Å². The largest absolute Gasteiger partial charge is 0.504 e. The van der Waals surface area contributed by atoms with Crippen molar-refractivity contribution < 1.29 is 29.3 Å². The Kier molecular flexibility index (Phi) is 6.19. The van der Waals surface area contributed by atoms with Gasteiger partial charge in [0, 0.05) is 12.8 Å². The van der Waals surface area contributed by atoms with Crippen LogP contribution in [-0.4, -0.2) is 22.2 Å². The van der Waals surface area contributed by atoms with Crippen LogP contribution < -0.4 is 9.47 Å². The molecule has 0 fully saturated rings. The van der Waals surface area contributed by atoms with Crippen LogP contribution in [-0.2, 0) is 9.59 Å². The Morgan fingerprint density at radius 3 is 1.46 bits per heavy atom. The van der Waals surface area contributed by atoms with Crippen molar-refractivity contribution in [1.82, 2.24) is 0 Å². The third kappa shape index (κ3) is 5.31. The maximum Gasteiger partial charge on any atom is 0.311 e. The third-order valence-corrected chi connectivity index (χ3v) is 3.19. The molecule has 0 radical (unpaired) electrons. The topological polar surface area (TPSA) is 93.1 Å². The third-order valence-electron chi connectivity index (χ3n) is 3.19. The molecule has 0 saturated carbocycles. The normalized spacial score (nSPS) is 10.2. The van der Waals surface area contributed by atoms with Crippen molar-refractivity contribution in [1.29, 1.82) is 0 Å². The van der Waals surface area contributed by atoms with Gasteiger partial charge in [-0.3, -0.25) is 9.59 Å². The molecule has 0 aromatic heterocycles. The predicted molar refractivity (Wildman–Crippen MR) is 86.0 cm³/mol. The van der Waals surface area contributed by atoms with Crippen LogP contribution in [0.15, 0.2) is 48.5 Å². The smallest absolute Gasteiger partial charge is 0.311 e. The molecular formula is C18H18O6. The van der Waals surface area contributed by atoms with E-state index in [-0.39, 0.29) is 35.8 Å². The van der Waals surface area contributed by atoms with Gasteiger partial charge < -0.3 is 19.7 Å². The molecule has 2 rings (SSSR count). The number of aromatic hydroxyl groups is 2. The van der Waals surface area contributed by atoms with E-state index >= 15 is 0 Å². The molecule has 0 heterocycles. The summed E-state index contributed by atoms with van der Waals surface area (Å²) in [6.45, 7) is 0. The molecule has 24 heavy (non-hydrogen) atoms. The van der Waals surface area contributed by atoms with E-state index in [0.717, 1.165) is 0 Å². The number of para-hydroxylation sites is 4. The van der Waals surface area contributed by atoms with Crippen LogP contribution in [0.2, 0.25) is 0 Å². The lowest BCUT2D eigenvalue weighted by molar-refractivity contribution is -0.136. The van der Waals surface area contributed by atoms with E-state index < -0.39 is 11.9 Å². The number of phenolic OH excluding ortho intramolecular Hbond substituents is 2. The Bertz CT molecular complexity index is 649. The van der Waals surface area contributed by atoms with Gasteiger partial charge in [0.2, 0.25) is 0 Å². The quantitative estimate of drug-likeness (QED) is 0.460. The number of carbonyl (C=O) groups excluding carboxylic acids is 2. The van der Waals surface area contributed by atoms with Crippen molar-refractivity contribution in [2.45, 2.75) is 25.7 Å². The van der Waals surface area contributed by atoms with Gasteiger partial charge in [-0.1, -0.05) is 24.3 Å². The maximum atomic E-state index is 11.7. The van der Waals surface area contributed by atoms with E-state index in [1.807, 2.05) is 0 Å². The minimum Gasteiger partial charge on any atom is -0.504 e. The van der Waals surface area contributed by atoms with Crippen LogP contribution in [0.25, 0.3) is 0 Å². The van der Waals surface area contributed by atoms with Crippen molar-refractivity contribution >= 4 is 11.9 Å². The number of phenols is 2. The Morgan fingerprint density at radius 2 is 1.08 bits per heavy atom. The highest BCUT2D eigenvalue weighted by Gasteiger charge is 2.11. The van der Waals surface area contributed by atoms with E-state index in [1.165, 1.54) is 24.3 Å². The number of carbonyl (C=O) groups is 2. The minimum atomic E-state index is -0.481. The molecule has 0 aliphatic rings. The van der Waals surface area contributed by atoms with Crippen molar-refractivity contribution in [2.75, 3.05) is 0 Å². The molecule has 2 aromatic carbocycles. The molecular weight excluding hydrogens is 312 g/mol. The van der Waals surface area contributed by atoms with E-state index in [9.17, 15) is 19.8 Å². The molecule has 2 aromatic rings. The molecule has 0 aliphatic heterocycles. The lowest BCUT2D eigenvalue weighted by atomic mass is 10.2. The Balaban J connectivity index is 1.67. The lowest BCUT2D eigenvalue weighted by Crippen LogP contribution is -2.10. The van der Waals surface area contributed by atoms with Crippen LogP contribution in [0.1, 0.15) is 25.7 Å². The number of unbranched alkanes of at least 4 members (excludes halogenated alkanes) is 1. The molecule has 6 nitrogen and oxygen atoms in total. The number of benzene rings is 2. The fourth-order valence-corrected chi connectivity index (χ4v) is 1.97. The second-order valence-corrected chi connectivity index (χ2v) is 5.09. The summed E-state index contributed by atoms with van der Waals surface area (Å²) in [6.07, 6.45) is 1.14. The summed E-state index contributed by atoms with van der Waals surface area (Å²) >= 11 is 0. The standard InChI is InChI=1S/C18H18O6/c19-13-7-1-3-9-15(13)23-17(21)11-5-6-12-18(22)24-16-10-4-2-8-14(16)20/h1-4,7-10,19-20H,5-6,11-12H2. The lowest BCUT2D eigenvalue weighted by Gasteiger charge is -2.07. The van der Waals surface area contributed by atoms with E-state index in [0.29, 0.717) is 12.8 Å². The van der Waals surface area contributed by atoms with Gasteiger partial charge >= 0.3 is 11.9 Å². The van der Waals surface area contributed by atoms with E-state index in [2.05, 4.69) is 0 Å². The maximum absolute atomic E-state index is 11.7. The summed E-state index contributed by atoms with van der Waals surface area (Å²) in [4.78, 5) is 23.3. The number of hydrogen-bond acceptors (Lipinski definition) is 6. The zero-order chi connectivity index (χ0) is 17.4. The molecule has 126 valence electrons. The molecule has 0 unspecified atom stereocenters. The Hall–Kier alpha value is -3.02. The van der Waals surface area contributed by atoms with Gasteiger partial charge in [0.05, 0.1) is 0 Å². The molecule has 0 amide bonds. The summed E-state index contributed by atoms with van der Waals surface area (Å²) in [6, 6.07) is 12.4. The SMILES string of the molecule is O=C(CCCCC(=O)Oc1ccccc1O)Oc1ccccc1O. The van der Waals surface area contributed by atoms with Crippen molar-refractivity contribution in [3.05, 3.63) is 48.5 Å². The number of rotatable bonds is 7. The molecule has 0 spiro atoms. The predicted octanol–water partition coefficient (Wildman–Crippen LogP) is 3.17. The first kappa shape index (κ1) is 17.3. The number of esters is 2. The fourth-order valence-electron chi connectivity index (χ4n) is 1.97. The van der Waals surface area contributed by atoms with Crippen molar-refractivity contribution in [3.63, 3.8) is 0 Å².